The number of rotatable bonds is 5. The molecule has 2 rings (SSSR count). The average Bonchev–Trinajstić information content (AvgIpc) is 3.04. The van der Waals surface area contributed by atoms with Crippen LogP contribution >= 0.6 is 10.7 Å². The molecule has 6 nitrogen and oxygen atoms in total. The molecule has 0 aliphatic carbocycles. The Labute approximate surface area is 128 Å². The number of nitrogens with one attached hydrogen (secondary N) is 1. The Bertz CT molecular complexity index is 618. The standard InChI is InChI=1S/C13H19ClN2O4S/c1-9(2)16-7-11(21(14,18)19)5-12(16)13(17)15-6-10-3-4-20-8-10/h5,7,9-10H,3-4,6,8H2,1-2H3,(H,15,17). The molecule has 1 N–H and O–H groups in total. The highest BCUT2D eigenvalue weighted by molar-refractivity contribution is 8.13. The molecule has 21 heavy (non-hydrogen) atoms. The van der Waals surface area contributed by atoms with Gasteiger partial charge in [-0.25, -0.2) is 8.42 Å². The maximum absolute atomic E-state index is 12.3. The number of amides is 1. The van der Waals surface area contributed by atoms with Gasteiger partial charge in [0.2, 0.25) is 0 Å². The number of halogens is 1. The first-order valence-electron chi connectivity index (χ1n) is 6.81. The topological polar surface area (TPSA) is 77.4 Å². The van der Waals surface area contributed by atoms with Gasteiger partial charge in [-0.15, -0.1) is 0 Å². The Balaban J connectivity index is 2.16. The number of nitrogens with zero attached hydrogens (tertiary/aromatic N) is 1. The Morgan fingerprint density at radius 3 is 2.81 bits per heavy atom. The van der Waals surface area contributed by atoms with Crippen LogP contribution < -0.4 is 5.32 Å². The highest BCUT2D eigenvalue weighted by Crippen LogP contribution is 2.22. The highest BCUT2D eigenvalue weighted by Gasteiger charge is 2.22. The van der Waals surface area contributed by atoms with Crippen molar-refractivity contribution in [1.29, 1.82) is 0 Å². The molecule has 1 aromatic heterocycles. The summed E-state index contributed by atoms with van der Waals surface area (Å²) in [4.78, 5) is 12.2. The molecule has 1 aliphatic rings. The minimum absolute atomic E-state index is 0.0484. The van der Waals surface area contributed by atoms with E-state index in [1.807, 2.05) is 13.8 Å². The summed E-state index contributed by atoms with van der Waals surface area (Å²) in [6, 6.07) is 1.26. The lowest BCUT2D eigenvalue weighted by Crippen LogP contribution is -2.31. The maximum atomic E-state index is 12.3. The van der Waals surface area contributed by atoms with Gasteiger partial charge in [-0.1, -0.05) is 0 Å². The molecule has 2 heterocycles. The van der Waals surface area contributed by atoms with Crippen LogP contribution in [0.25, 0.3) is 0 Å². The van der Waals surface area contributed by atoms with Crippen LogP contribution in [0.5, 0.6) is 0 Å². The Hall–Kier alpha value is -1.05. The van der Waals surface area contributed by atoms with E-state index < -0.39 is 9.05 Å². The minimum Gasteiger partial charge on any atom is -0.381 e. The van der Waals surface area contributed by atoms with Gasteiger partial charge < -0.3 is 14.6 Å². The third-order valence-electron chi connectivity index (χ3n) is 3.47. The smallest absolute Gasteiger partial charge is 0.267 e. The van der Waals surface area contributed by atoms with Gasteiger partial charge in [0.1, 0.15) is 10.6 Å². The van der Waals surface area contributed by atoms with Gasteiger partial charge in [0.25, 0.3) is 15.0 Å². The molecule has 0 saturated carbocycles. The molecule has 1 saturated heterocycles. The predicted octanol–water partition coefficient (Wildman–Crippen LogP) is 1.76. The minimum atomic E-state index is -3.85. The first-order valence-corrected chi connectivity index (χ1v) is 9.12. The van der Waals surface area contributed by atoms with Gasteiger partial charge in [0.15, 0.2) is 0 Å². The number of hydrogen-bond acceptors (Lipinski definition) is 4. The first kappa shape index (κ1) is 16.3. The second-order valence-corrected chi connectivity index (χ2v) is 8.01. The lowest BCUT2D eigenvalue weighted by Gasteiger charge is -2.14. The van der Waals surface area contributed by atoms with Gasteiger partial charge in [-0.05, 0) is 26.3 Å². The van der Waals surface area contributed by atoms with E-state index in [9.17, 15) is 13.2 Å². The zero-order chi connectivity index (χ0) is 15.6. The summed E-state index contributed by atoms with van der Waals surface area (Å²) in [5.41, 5.74) is 0.295. The van der Waals surface area contributed by atoms with E-state index >= 15 is 0 Å². The van der Waals surface area contributed by atoms with Gasteiger partial charge in [0.05, 0.1) is 6.61 Å². The second-order valence-electron chi connectivity index (χ2n) is 5.44. The molecule has 8 heteroatoms. The van der Waals surface area contributed by atoms with Crippen LogP contribution in [0, 0.1) is 5.92 Å². The van der Waals surface area contributed by atoms with Crippen molar-refractivity contribution < 1.29 is 17.9 Å². The van der Waals surface area contributed by atoms with Crippen LogP contribution in [0.1, 0.15) is 36.8 Å². The van der Waals surface area contributed by atoms with Crippen LogP contribution in [0.4, 0.5) is 0 Å². The lowest BCUT2D eigenvalue weighted by atomic mass is 10.1. The fraction of sp³-hybridized carbons (Fsp3) is 0.615. The number of carbonyl (C=O) groups excluding carboxylic acids is 1. The summed E-state index contributed by atoms with van der Waals surface area (Å²) >= 11 is 0. The Morgan fingerprint density at radius 1 is 1.57 bits per heavy atom. The van der Waals surface area contributed by atoms with Crippen molar-refractivity contribution in [2.24, 2.45) is 5.92 Å². The SMILES string of the molecule is CC(C)n1cc(S(=O)(=O)Cl)cc1C(=O)NCC1CCOC1. The van der Waals surface area contributed by atoms with Gasteiger partial charge in [-0.2, -0.15) is 0 Å². The van der Waals surface area contributed by atoms with E-state index in [1.54, 1.807) is 4.57 Å². The molecule has 1 aromatic rings. The zero-order valence-corrected chi connectivity index (χ0v) is 13.6. The Morgan fingerprint density at radius 2 is 2.29 bits per heavy atom. The van der Waals surface area contributed by atoms with Crippen molar-refractivity contribution in [3.63, 3.8) is 0 Å². The van der Waals surface area contributed by atoms with Crippen LogP contribution in [-0.4, -0.2) is 38.7 Å². The summed E-state index contributed by atoms with van der Waals surface area (Å²) in [5.74, 6) is 0.00908. The molecule has 1 unspecified atom stereocenters. The summed E-state index contributed by atoms with van der Waals surface area (Å²) < 4.78 is 29.7. The molecular formula is C13H19ClN2O4S. The van der Waals surface area contributed by atoms with Crippen molar-refractivity contribution in [1.82, 2.24) is 9.88 Å². The molecular weight excluding hydrogens is 316 g/mol. The van der Waals surface area contributed by atoms with E-state index in [1.165, 1.54) is 12.3 Å². The van der Waals surface area contributed by atoms with E-state index in [0.717, 1.165) is 13.0 Å². The summed E-state index contributed by atoms with van der Waals surface area (Å²) in [7, 11) is 1.49. The fourth-order valence-corrected chi connectivity index (χ4v) is 3.01. The van der Waals surface area contributed by atoms with Crippen molar-refractivity contribution in [3.05, 3.63) is 18.0 Å². The van der Waals surface area contributed by atoms with Crippen molar-refractivity contribution in [2.45, 2.75) is 31.2 Å². The van der Waals surface area contributed by atoms with Gasteiger partial charge >= 0.3 is 0 Å². The van der Waals surface area contributed by atoms with Crippen molar-refractivity contribution in [3.8, 4) is 0 Å². The third kappa shape index (κ3) is 3.99. The third-order valence-corrected chi connectivity index (χ3v) is 4.79. The molecule has 0 spiro atoms. The predicted molar refractivity (Wildman–Crippen MR) is 79.1 cm³/mol. The number of ether oxygens (including phenoxy) is 1. The molecule has 118 valence electrons. The van der Waals surface area contributed by atoms with E-state index in [-0.39, 0.29) is 16.8 Å². The molecule has 1 aliphatic heterocycles. The van der Waals surface area contributed by atoms with Gasteiger partial charge in [-0.3, -0.25) is 4.79 Å². The quantitative estimate of drug-likeness (QED) is 0.832. The van der Waals surface area contributed by atoms with Crippen LogP contribution in [0.15, 0.2) is 17.2 Å². The maximum Gasteiger partial charge on any atom is 0.267 e. The monoisotopic (exact) mass is 334 g/mol. The average molecular weight is 335 g/mol. The van der Waals surface area contributed by atoms with Crippen molar-refractivity contribution >= 4 is 25.6 Å². The summed E-state index contributed by atoms with van der Waals surface area (Å²) in [6.07, 6.45) is 2.31. The molecule has 0 aromatic carbocycles. The Kier molecular flexibility index (Phi) is 4.95. The number of carbonyl (C=O) groups is 1. The first-order chi connectivity index (χ1) is 9.79. The highest BCUT2D eigenvalue weighted by atomic mass is 35.7. The largest absolute Gasteiger partial charge is 0.381 e. The van der Waals surface area contributed by atoms with E-state index in [0.29, 0.717) is 24.8 Å². The van der Waals surface area contributed by atoms with E-state index in [4.69, 9.17) is 15.4 Å². The fourth-order valence-electron chi connectivity index (χ4n) is 2.27. The molecule has 1 fully saturated rings. The molecule has 1 atom stereocenters. The number of hydrogen-bond donors (Lipinski definition) is 1. The zero-order valence-electron chi connectivity index (χ0n) is 12.0. The van der Waals surface area contributed by atoms with Crippen LogP contribution in [-0.2, 0) is 13.8 Å². The normalized spacial score (nSPS) is 19.1. The van der Waals surface area contributed by atoms with Crippen molar-refractivity contribution in [2.75, 3.05) is 19.8 Å². The summed E-state index contributed by atoms with van der Waals surface area (Å²) in [6.45, 7) is 5.62. The lowest BCUT2D eigenvalue weighted by molar-refractivity contribution is 0.0934. The second kappa shape index (κ2) is 6.37. The molecule has 0 radical (unpaired) electrons. The molecule has 1 amide bonds. The van der Waals surface area contributed by atoms with Crippen LogP contribution in [0.3, 0.4) is 0 Å². The van der Waals surface area contributed by atoms with E-state index in [2.05, 4.69) is 5.32 Å². The molecule has 0 bridgehead atoms. The number of aromatic nitrogens is 1. The summed E-state index contributed by atoms with van der Waals surface area (Å²) in [5, 5.41) is 2.82. The van der Waals surface area contributed by atoms with Gasteiger partial charge in [0, 0.05) is 42.0 Å². The van der Waals surface area contributed by atoms with Crippen LogP contribution in [0.2, 0.25) is 0 Å².